The lowest BCUT2D eigenvalue weighted by molar-refractivity contribution is -0.384. The van der Waals surface area contributed by atoms with Crippen molar-refractivity contribution in [3.63, 3.8) is 0 Å². The normalized spacial score (nSPS) is 15.8. The molecule has 4 rings (SSSR count). The van der Waals surface area contributed by atoms with Crippen LogP contribution < -0.4 is 0 Å². The number of amides is 1. The Kier molecular flexibility index (Phi) is 5.73. The number of rotatable bonds is 5. The molecule has 11 nitrogen and oxygen atoms in total. The van der Waals surface area contributed by atoms with Crippen LogP contribution in [0.25, 0.3) is 10.9 Å². The van der Waals surface area contributed by atoms with Gasteiger partial charge in [-0.1, -0.05) is 5.16 Å². The number of aryl methyl sites for hydroxylation is 2. The summed E-state index contributed by atoms with van der Waals surface area (Å²) in [5.74, 6) is 0.108. The fraction of sp³-hybridized carbons (Fsp3) is 0.400. The number of carbonyl (C=O) groups is 1. The molecule has 2 aromatic heterocycles. The number of nitro benzene ring substituents is 1. The van der Waals surface area contributed by atoms with Gasteiger partial charge in [0.15, 0.2) is 5.76 Å². The first-order valence-corrected chi connectivity index (χ1v) is 11.6. The largest absolute Gasteiger partial charge is 0.360 e. The molecule has 0 atom stereocenters. The fourth-order valence-electron chi connectivity index (χ4n) is 4.04. The molecule has 0 N–H and O–H groups in total. The van der Waals surface area contributed by atoms with E-state index in [1.165, 1.54) is 16.4 Å². The van der Waals surface area contributed by atoms with Gasteiger partial charge in [-0.25, -0.2) is 8.42 Å². The third-order valence-corrected chi connectivity index (χ3v) is 7.79. The van der Waals surface area contributed by atoms with Crippen molar-refractivity contribution in [3.05, 3.63) is 52.0 Å². The van der Waals surface area contributed by atoms with E-state index in [9.17, 15) is 23.3 Å². The van der Waals surface area contributed by atoms with Gasteiger partial charge in [0.1, 0.15) is 17.1 Å². The molecule has 1 aromatic carbocycles. The van der Waals surface area contributed by atoms with Gasteiger partial charge in [-0.3, -0.25) is 14.9 Å². The van der Waals surface area contributed by atoms with Crippen LogP contribution in [0.15, 0.2) is 39.9 Å². The van der Waals surface area contributed by atoms with Crippen LogP contribution in [0.2, 0.25) is 0 Å². The van der Waals surface area contributed by atoms with Crippen molar-refractivity contribution in [2.45, 2.75) is 31.7 Å². The Bertz CT molecular complexity index is 1280. The summed E-state index contributed by atoms with van der Waals surface area (Å²) in [6, 6.07) is 6.24. The molecule has 32 heavy (non-hydrogen) atoms. The van der Waals surface area contributed by atoms with Crippen molar-refractivity contribution < 1.29 is 22.7 Å². The zero-order valence-electron chi connectivity index (χ0n) is 17.7. The highest BCUT2D eigenvalue weighted by molar-refractivity contribution is 7.89. The van der Waals surface area contributed by atoms with Gasteiger partial charge in [0.25, 0.3) is 5.69 Å². The quantitative estimate of drug-likeness (QED) is 0.420. The van der Waals surface area contributed by atoms with Crippen LogP contribution in [0.3, 0.4) is 0 Å². The maximum Gasteiger partial charge on any atom is 0.270 e. The minimum Gasteiger partial charge on any atom is -0.360 e. The zero-order valence-corrected chi connectivity index (χ0v) is 18.5. The molecule has 0 spiro atoms. The van der Waals surface area contributed by atoms with Crippen LogP contribution in [-0.4, -0.2) is 64.4 Å². The third-order valence-electron chi connectivity index (χ3n) is 5.64. The lowest BCUT2D eigenvalue weighted by Gasteiger charge is -2.22. The summed E-state index contributed by atoms with van der Waals surface area (Å²) in [6.07, 6.45) is 2.23. The van der Waals surface area contributed by atoms with Crippen LogP contribution in [0.4, 0.5) is 5.69 Å². The first kappa shape index (κ1) is 22.0. The van der Waals surface area contributed by atoms with E-state index in [4.69, 9.17) is 4.52 Å². The third kappa shape index (κ3) is 3.98. The SMILES string of the molecule is Cc1noc(C)c1S(=O)(=O)N1CCCN(C(=O)Cn2ccc3cc([N+](=O)[O-])ccc32)CC1. The molecule has 0 saturated carbocycles. The Hall–Kier alpha value is -3.25. The van der Waals surface area contributed by atoms with Crippen molar-refractivity contribution in [1.82, 2.24) is 18.9 Å². The average molecular weight is 462 g/mol. The summed E-state index contributed by atoms with van der Waals surface area (Å²) >= 11 is 0. The Labute approximate surface area is 184 Å². The molecular weight excluding hydrogens is 438 g/mol. The molecule has 0 radical (unpaired) electrons. The first-order chi connectivity index (χ1) is 15.2. The summed E-state index contributed by atoms with van der Waals surface area (Å²) in [4.78, 5) is 25.2. The van der Waals surface area contributed by atoms with Crippen LogP contribution in [0, 0.1) is 24.0 Å². The maximum absolute atomic E-state index is 13.1. The van der Waals surface area contributed by atoms with Gasteiger partial charge < -0.3 is 14.0 Å². The molecule has 1 aliphatic rings. The monoisotopic (exact) mass is 461 g/mol. The van der Waals surface area contributed by atoms with Gasteiger partial charge in [-0.05, 0) is 32.4 Å². The van der Waals surface area contributed by atoms with E-state index in [-0.39, 0.29) is 41.9 Å². The second-order valence-corrected chi connectivity index (χ2v) is 9.61. The number of hydrogen-bond donors (Lipinski definition) is 0. The summed E-state index contributed by atoms with van der Waals surface area (Å²) in [7, 11) is -3.76. The van der Waals surface area contributed by atoms with Crippen LogP contribution in [0.1, 0.15) is 17.9 Å². The fourth-order valence-corrected chi connectivity index (χ4v) is 5.80. The van der Waals surface area contributed by atoms with Crippen LogP contribution >= 0.6 is 0 Å². The van der Waals surface area contributed by atoms with Crippen molar-refractivity contribution in [2.75, 3.05) is 26.2 Å². The number of aromatic nitrogens is 2. The van der Waals surface area contributed by atoms with Crippen molar-refractivity contribution in [2.24, 2.45) is 0 Å². The van der Waals surface area contributed by atoms with Gasteiger partial charge >= 0.3 is 0 Å². The number of benzene rings is 1. The predicted octanol–water partition coefficient (Wildman–Crippen LogP) is 2.08. The maximum atomic E-state index is 13.1. The minimum absolute atomic E-state index is 0.00584. The topological polar surface area (TPSA) is 132 Å². The van der Waals surface area contributed by atoms with E-state index in [1.807, 2.05) is 0 Å². The molecule has 170 valence electrons. The van der Waals surface area contributed by atoms with Gasteiger partial charge in [-0.2, -0.15) is 4.31 Å². The Balaban J connectivity index is 1.46. The lowest BCUT2D eigenvalue weighted by Crippen LogP contribution is -2.38. The Morgan fingerprint density at radius 2 is 1.97 bits per heavy atom. The second-order valence-electron chi connectivity index (χ2n) is 7.74. The van der Waals surface area contributed by atoms with E-state index in [0.717, 1.165) is 5.52 Å². The van der Waals surface area contributed by atoms with Gasteiger partial charge in [-0.15, -0.1) is 0 Å². The summed E-state index contributed by atoms with van der Waals surface area (Å²) in [5, 5.41) is 15.4. The number of nitro groups is 1. The zero-order chi connectivity index (χ0) is 23.0. The second kappa shape index (κ2) is 8.36. The predicted molar refractivity (Wildman–Crippen MR) is 115 cm³/mol. The number of sulfonamides is 1. The van der Waals surface area contributed by atoms with E-state index >= 15 is 0 Å². The molecule has 3 heterocycles. The van der Waals surface area contributed by atoms with Crippen molar-refractivity contribution in [3.8, 4) is 0 Å². The molecule has 1 amide bonds. The highest BCUT2D eigenvalue weighted by Crippen LogP contribution is 2.25. The molecule has 1 aliphatic heterocycles. The number of fused-ring (bicyclic) bond motifs is 1. The summed E-state index contributed by atoms with van der Waals surface area (Å²) < 4.78 is 34.3. The van der Waals surface area contributed by atoms with Crippen molar-refractivity contribution in [1.29, 1.82) is 0 Å². The summed E-state index contributed by atoms with van der Waals surface area (Å²) in [5.41, 5.74) is 1.04. The van der Waals surface area contributed by atoms with E-state index in [2.05, 4.69) is 5.16 Å². The first-order valence-electron chi connectivity index (χ1n) is 10.1. The van der Waals surface area contributed by atoms with E-state index in [1.54, 1.807) is 41.6 Å². The molecule has 1 saturated heterocycles. The minimum atomic E-state index is -3.76. The smallest absolute Gasteiger partial charge is 0.270 e. The average Bonchev–Trinajstić information content (AvgIpc) is 3.18. The molecule has 3 aromatic rings. The molecular formula is C20H23N5O6S. The summed E-state index contributed by atoms with van der Waals surface area (Å²) in [6.45, 7) is 4.41. The highest BCUT2D eigenvalue weighted by atomic mass is 32.2. The number of nitrogens with zero attached hydrogens (tertiary/aromatic N) is 5. The molecule has 0 aliphatic carbocycles. The number of hydrogen-bond acceptors (Lipinski definition) is 7. The van der Waals surface area contributed by atoms with Crippen LogP contribution in [0.5, 0.6) is 0 Å². The van der Waals surface area contributed by atoms with Crippen LogP contribution in [-0.2, 0) is 21.4 Å². The van der Waals surface area contributed by atoms with Gasteiger partial charge in [0.2, 0.25) is 15.9 Å². The number of non-ortho nitro benzene ring substituents is 1. The molecule has 1 fully saturated rings. The Morgan fingerprint density at radius 3 is 2.66 bits per heavy atom. The molecule has 0 unspecified atom stereocenters. The van der Waals surface area contributed by atoms with Gasteiger partial charge in [0.05, 0.1) is 4.92 Å². The highest BCUT2D eigenvalue weighted by Gasteiger charge is 2.33. The standard InChI is InChI=1S/C20H23N5O6S/c1-14-20(15(2)31-21-14)32(29,30)24-8-3-7-22(10-11-24)19(26)13-23-9-6-16-12-17(25(27)28)4-5-18(16)23/h4-6,9,12H,3,7-8,10-11,13H2,1-2H3. The van der Waals surface area contributed by atoms with E-state index < -0.39 is 14.9 Å². The molecule has 0 bridgehead atoms. The van der Waals surface area contributed by atoms with E-state index in [0.29, 0.717) is 30.6 Å². The molecule has 12 heteroatoms. The van der Waals surface area contributed by atoms with Crippen molar-refractivity contribution >= 4 is 32.5 Å². The lowest BCUT2D eigenvalue weighted by atomic mass is 10.2. The number of carbonyl (C=O) groups excluding carboxylic acids is 1. The van der Waals surface area contributed by atoms with Gasteiger partial charge in [0, 0.05) is 55.4 Å². The Morgan fingerprint density at radius 1 is 1.19 bits per heavy atom.